The Kier molecular flexibility index (Phi) is 4.25. The zero-order valence-electron chi connectivity index (χ0n) is 12.2. The van der Waals surface area contributed by atoms with Crippen molar-refractivity contribution in [3.63, 3.8) is 0 Å². The van der Waals surface area contributed by atoms with Crippen molar-refractivity contribution in [3.05, 3.63) is 34.9 Å². The fourth-order valence-corrected chi connectivity index (χ4v) is 2.78. The van der Waals surface area contributed by atoms with E-state index in [9.17, 15) is 18.0 Å². The fraction of sp³-hybridized carbons (Fsp3) is 0.467. The Labute approximate surface area is 130 Å². The number of carbonyl (C=O) groups excluding carboxylic acids is 1. The second-order valence-electron chi connectivity index (χ2n) is 5.46. The van der Waals surface area contributed by atoms with Crippen LogP contribution in [0.2, 0.25) is 0 Å². The molecule has 124 valence electrons. The molecule has 0 aromatic heterocycles. The summed E-state index contributed by atoms with van der Waals surface area (Å²) in [6, 6.07) is 4.10. The van der Waals surface area contributed by atoms with Crippen LogP contribution >= 0.6 is 0 Å². The highest BCUT2D eigenvalue weighted by molar-refractivity contribution is 6.03. The largest absolute Gasteiger partial charge is 0.442 e. The van der Waals surface area contributed by atoms with Crippen LogP contribution in [-0.4, -0.2) is 31.6 Å². The molecule has 1 amide bonds. The molecule has 0 unspecified atom stereocenters. The summed E-state index contributed by atoms with van der Waals surface area (Å²) in [5.41, 5.74) is 2.17. The summed E-state index contributed by atoms with van der Waals surface area (Å²) in [7, 11) is 0. The van der Waals surface area contributed by atoms with E-state index in [2.05, 4.69) is 10.5 Å². The van der Waals surface area contributed by atoms with Crippen molar-refractivity contribution in [1.29, 1.82) is 0 Å². The normalized spacial score (nSPS) is 22.1. The molecule has 23 heavy (non-hydrogen) atoms. The average Bonchev–Trinajstić information content (AvgIpc) is 2.55. The van der Waals surface area contributed by atoms with Gasteiger partial charge in [-0.2, -0.15) is 18.3 Å². The molecule has 0 bridgehead atoms. The third-order valence-corrected chi connectivity index (χ3v) is 3.91. The number of rotatable bonds is 2. The van der Waals surface area contributed by atoms with Gasteiger partial charge in [0.25, 0.3) is 0 Å². The number of ether oxygens (including phenoxy) is 2. The summed E-state index contributed by atoms with van der Waals surface area (Å²) >= 11 is 0. The molecule has 5 nitrogen and oxygen atoms in total. The van der Waals surface area contributed by atoms with Crippen LogP contribution in [0.3, 0.4) is 0 Å². The molecular formula is C15H15F3N2O3. The van der Waals surface area contributed by atoms with Gasteiger partial charge in [0.15, 0.2) is 0 Å². The second kappa shape index (κ2) is 6.19. The molecule has 1 aromatic rings. The number of hydrogen-bond acceptors (Lipinski definition) is 4. The topological polar surface area (TPSA) is 59.9 Å². The SMILES string of the molecule is O=C1NN=C(c2ccc([C@H]3CCCOC3)c(C(F)(F)F)c2)CO1. The number of benzene rings is 1. The lowest BCUT2D eigenvalue weighted by atomic mass is 9.88. The quantitative estimate of drug-likeness (QED) is 0.908. The molecule has 1 aromatic carbocycles. The van der Waals surface area contributed by atoms with Crippen LogP contribution in [0.1, 0.15) is 35.4 Å². The molecule has 0 spiro atoms. The van der Waals surface area contributed by atoms with Crippen molar-refractivity contribution in [2.75, 3.05) is 19.8 Å². The molecule has 1 fully saturated rings. The third-order valence-electron chi connectivity index (χ3n) is 3.91. The Morgan fingerprint density at radius 3 is 2.74 bits per heavy atom. The van der Waals surface area contributed by atoms with Gasteiger partial charge in [-0.05, 0) is 24.5 Å². The van der Waals surface area contributed by atoms with Gasteiger partial charge in [0, 0.05) is 18.1 Å². The monoisotopic (exact) mass is 328 g/mol. The van der Waals surface area contributed by atoms with E-state index in [-0.39, 0.29) is 29.4 Å². The van der Waals surface area contributed by atoms with E-state index in [0.29, 0.717) is 19.6 Å². The number of nitrogens with zero attached hydrogens (tertiary/aromatic N) is 1. The van der Waals surface area contributed by atoms with Crippen LogP contribution in [0, 0.1) is 0 Å². The van der Waals surface area contributed by atoms with Crippen molar-refractivity contribution in [3.8, 4) is 0 Å². The fourth-order valence-electron chi connectivity index (χ4n) is 2.78. The maximum atomic E-state index is 13.4. The van der Waals surface area contributed by atoms with Gasteiger partial charge in [0.05, 0.1) is 12.2 Å². The van der Waals surface area contributed by atoms with Crippen molar-refractivity contribution in [2.24, 2.45) is 5.10 Å². The summed E-state index contributed by atoms with van der Waals surface area (Å²) in [6.45, 7) is 0.724. The molecule has 2 aliphatic rings. The zero-order chi connectivity index (χ0) is 16.4. The number of hydrazone groups is 1. The molecule has 3 rings (SSSR count). The number of halogens is 3. The lowest BCUT2D eigenvalue weighted by molar-refractivity contribution is -0.138. The van der Waals surface area contributed by atoms with E-state index in [4.69, 9.17) is 9.47 Å². The molecule has 0 saturated carbocycles. The van der Waals surface area contributed by atoms with E-state index in [1.807, 2.05) is 0 Å². The predicted octanol–water partition coefficient (Wildman–Crippen LogP) is 3.04. The van der Waals surface area contributed by atoms with Gasteiger partial charge < -0.3 is 9.47 Å². The van der Waals surface area contributed by atoms with Gasteiger partial charge in [-0.3, -0.25) is 0 Å². The Morgan fingerprint density at radius 1 is 1.30 bits per heavy atom. The highest BCUT2D eigenvalue weighted by Crippen LogP contribution is 2.38. The summed E-state index contributed by atoms with van der Waals surface area (Å²) in [4.78, 5) is 10.9. The minimum absolute atomic E-state index is 0.158. The van der Waals surface area contributed by atoms with E-state index in [1.54, 1.807) is 6.07 Å². The van der Waals surface area contributed by atoms with Gasteiger partial charge in [-0.1, -0.05) is 12.1 Å². The van der Waals surface area contributed by atoms with Crippen molar-refractivity contribution >= 4 is 11.8 Å². The Morgan fingerprint density at radius 2 is 2.13 bits per heavy atom. The number of amides is 1. The van der Waals surface area contributed by atoms with Crippen LogP contribution in [0.5, 0.6) is 0 Å². The molecule has 2 heterocycles. The minimum Gasteiger partial charge on any atom is -0.442 e. The summed E-state index contributed by atoms with van der Waals surface area (Å²) in [5.74, 6) is -0.265. The molecule has 8 heteroatoms. The van der Waals surface area contributed by atoms with Gasteiger partial charge >= 0.3 is 12.3 Å². The molecule has 0 radical (unpaired) electrons. The van der Waals surface area contributed by atoms with E-state index in [1.165, 1.54) is 6.07 Å². The average molecular weight is 328 g/mol. The number of nitrogens with one attached hydrogen (secondary N) is 1. The number of hydrogen-bond donors (Lipinski definition) is 1. The standard InChI is InChI=1S/C15H15F3N2O3/c16-15(17,18)12-6-9(13-8-23-14(21)20-19-13)3-4-11(12)10-2-1-5-22-7-10/h3-4,6,10H,1-2,5,7-8H2,(H,20,21)/t10-/m0/s1. The van der Waals surface area contributed by atoms with Crippen molar-refractivity contribution in [2.45, 2.75) is 24.9 Å². The lowest BCUT2D eigenvalue weighted by Gasteiger charge is -2.26. The molecule has 1 N–H and O–H groups in total. The summed E-state index contributed by atoms with van der Waals surface area (Å²) in [5, 5.41) is 3.75. The summed E-state index contributed by atoms with van der Waals surface area (Å²) in [6.07, 6.45) is -3.78. The summed E-state index contributed by atoms with van der Waals surface area (Å²) < 4.78 is 50.3. The van der Waals surface area contributed by atoms with Crippen LogP contribution in [-0.2, 0) is 15.7 Å². The maximum absolute atomic E-state index is 13.4. The Bertz CT molecular complexity index is 637. The molecular weight excluding hydrogens is 313 g/mol. The second-order valence-corrected chi connectivity index (χ2v) is 5.46. The molecule has 1 saturated heterocycles. The van der Waals surface area contributed by atoms with Crippen LogP contribution < -0.4 is 5.43 Å². The third kappa shape index (κ3) is 3.47. The molecule has 2 aliphatic heterocycles. The van der Waals surface area contributed by atoms with Gasteiger partial charge in [-0.15, -0.1) is 0 Å². The Hall–Kier alpha value is -2.09. The van der Waals surface area contributed by atoms with Crippen LogP contribution in [0.4, 0.5) is 18.0 Å². The van der Waals surface area contributed by atoms with Gasteiger partial charge in [-0.25, -0.2) is 10.2 Å². The van der Waals surface area contributed by atoms with Crippen LogP contribution in [0.15, 0.2) is 23.3 Å². The predicted molar refractivity (Wildman–Crippen MR) is 75.3 cm³/mol. The zero-order valence-corrected chi connectivity index (χ0v) is 12.2. The lowest BCUT2D eigenvalue weighted by Crippen LogP contribution is -2.31. The first-order valence-electron chi connectivity index (χ1n) is 7.24. The van der Waals surface area contributed by atoms with E-state index < -0.39 is 17.8 Å². The van der Waals surface area contributed by atoms with Gasteiger partial charge in [0.1, 0.15) is 12.3 Å². The highest BCUT2D eigenvalue weighted by atomic mass is 19.4. The molecule has 0 aliphatic carbocycles. The van der Waals surface area contributed by atoms with E-state index in [0.717, 1.165) is 12.5 Å². The smallest absolute Gasteiger partial charge is 0.428 e. The maximum Gasteiger partial charge on any atom is 0.428 e. The van der Waals surface area contributed by atoms with Crippen molar-refractivity contribution < 1.29 is 27.4 Å². The molecule has 1 atom stereocenters. The van der Waals surface area contributed by atoms with Crippen LogP contribution in [0.25, 0.3) is 0 Å². The first-order valence-corrected chi connectivity index (χ1v) is 7.24. The number of cyclic esters (lactones) is 1. The van der Waals surface area contributed by atoms with Gasteiger partial charge in [0.2, 0.25) is 0 Å². The minimum atomic E-state index is -4.47. The Balaban J connectivity index is 1.97. The first-order chi connectivity index (χ1) is 10.9. The number of alkyl halides is 3. The first kappa shape index (κ1) is 15.8. The number of carbonyl (C=O) groups is 1. The van der Waals surface area contributed by atoms with Crippen molar-refractivity contribution in [1.82, 2.24) is 5.43 Å². The highest BCUT2D eigenvalue weighted by Gasteiger charge is 2.36. The van der Waals surface area contributed by atoms with E-state index >= 15 is 0 Å².